The fourth-order valence-electron chi connectivity index (χ4n) is 2.16. The van der Waals surface area contributed by atoms with Gasteiger partial charge in [0.1, 0.15) is 6.61 Å². The van der Waals surface area contributed by atoms with Crippen LogP contribution in [0.15, 0.2) is 42.5 Å². The van der Waals surface area contributed by atoms with Gasteiger partial charge < -0.3 is 14.8 Å². The van der Waals surface area contributed by atoms with Crippen LogP contribution in [0.5, 0.6) is 11.5 Å². The van der Waals surface area contributed by atoms with E-state index in [0.29, 0.717) is 18.2 Å². The molecule has 0 amide bonds. The van der Waals surface area contributed by atoms with Crippen LogP contribution in [0.3, 0.4) is 0 Å². The van der Waals surface area contributed by atoms with Crippen molar-refractivity contribution in [2.24, 2.45) is 0 Å². The highest BCUT2D eigenvalue weighted by atomic mass is 35.5. The van der Waals surface area contributed by atoms with E-state index >= 15 is 0 Å². The maximum absolute atomic E-state index is 6.19. The van der Waals surface area contributed by atoms with Crippen LogP contribution in [0.25, 0.3) is 0 Å². The summed E-state index contributed by atoms with van der Waals surface area (Å²) in [6.45, 7) is 6.72. The quantitative estimate of drug-likeness (QED) is 0.781. The first-order chi connectivity index (χ1) is 10.8. The minimum Gasteiger partial charge on any atom is -0.490 e. The van der Waals surface area contributed by atoms with Crippen molar-refractivity contribution in [3.05, 3.63) is 58.6 Å². The lowest BCUT2D eigenvalue weighted by molar-refractivity contribution is 0.266. The molecule has 0 aliphatic rings. The van der Waals surface area contributed by atoms with Crippen LogP contribution in [0.1, 0.15) is 25.0 Å². The zero-order valence-corrected chi connectivity index (χ0v) is 13.8. The van der Waals surface area contributed by atoms with Crippen molar-refractivity contribution in [1.82, 2.24) is 5.32 Å². The molecule has 3 nitrogen and oxygen atoms in total. The molecule has 0 unspecified atom stereocenters. The maximum Gasteiger partial charge on any atom is 0.166 e. The first kappa shape index (κ1) is 16.7. The van der Waals surface area contributed by atoms with E-state index < -0.39 is 0 Å². The monoisotopic (exact) mass is 319 g/mol. The highest BCUT2D eigenvalue weighted by molar-refractivity contribution is 6.31. The Morgan fingerprint density at radius 2 is 1.73 bits per heavy atom. The molecule has 118 valence electrons. The van der Waals surface area contributed by atoms with Gasteiger partial charge in [0.2, 0.25) is 0 Å². The van der Waals surface area contributed by atoms with Crippen molar-refractivity contribution in [3.8, 4) is 11.5 Å². The van der Waals surface area contributed by atoms with Gasteiger partial charge in [-0.2, -0.15) is 0 Å². The molecule has 0 radical (unpaired) electrons. The summed E-state index contributed by atoms with van der Waals surface area (Å²) in [4.78, 5) is 0. The summed E-state index contributed by atoms with van der Waals surface area (Å²) in [6, 6.07) is 13.7. The van der Waals surface area contributed by atoms with Crippen LogP contribution in [-0.2, 0) is 13.2 Å². The number of hydrogen-bond acceptors (Lipinski definition) is 3. The summed E-state index contributed by atoms with van der Waals surface area (Å²) in [7, 11) is 0. The van der Waals surface area contributed by atoms with Gasteiger partial charge in [0.05, 0.1) is 6.61 Å². The lowest BCUT2D eigenvalue weighted by Gasteiger charge is -2.16. The van der Waals surface area contributed by atoms with Gasteiger partial charge in [0.15, 0.2) is 11.5 Å². The number of rotatable bonds is 8. The molecule has 0 atom stereocenters. The molecule has 0 fully saturated rings. The summed E-state index contributed by atoms with van der Waals surface area (Å²) in [5.41, 5.74) is 2.05. The third kappa shape index (κ3) is 4.39. The third-order valence-electron chi connectivity index (χ3n) is 3.26. The van der Waals surface area contributed by atoms with Gasteiger partial charge in [-0.05, 0) is 25.6 Å². The summed E-state index contributed by atoms with van der Waals surface area (Å²) in [6.07, 6.45) is 0. The average Bonchev–Trinajstić information content (AvgIpc) is 2.53. The van der Waals surface area contributed by atoms with E-state index in [-0.39, 0.29) is 0 Å². The highest BCUT2D eigenvalue weighted by Crippen LogP contribution is 2.32. The topological polar surface area (TPSA) is 30.5 Å². The van der Waals surface area contributed by atoms with Gasteiger partial charge in [-0.3, -0.25) is 0 Å². The summed E-state index contributed by atoms with van der Waals surface area (Å²) in [5, 5.41) is 4.03. The molecule has 0 saturated carbocycles. The van der Waals surface area contributed by atoms with E-state index in [1.54, 1.807) is 0 Å². The first-order valence-electron chi connectivity index (χ1n) is 7.57. The van der Waals surface area contributed by atoms with Crippen LogP contribution in [0, 0.1) is 0 Å². The molecular formula is C18H22ClNO2. The first-order valence-corrected chi connectivity index (χ1v) is 7.95. The number of nitrogens with one attached hydrogen (secondary N) is 1. The molecule has 0 aromatic heterocycles. The number of halogens is 1. The van der Waals surface area contributed by atoms with Gasteiger partial charge in [-0.1, -0.05) is 48.9 Å². The lowest BCUT2D eigenvalue weighted by Crippen LogP contribution is -2.13. The van der Waals surface area contributed by atoms with Crippen LogP contribution >= 0.6 is 11.6 Å². The van der Waals surface area contributed by atoms with Gasteiger partial charge in [0.25, 0.3) is 0 Å². The number of hydrogen-bond donors (Lipinski definition) is 1. The van der Waals surface area contributed by atoms with Crippen molar-refractivity contribution < 1.29 is 9.47 Å². The smallest absolute Gasteiger partial charge is 0.166 e. The van der Waals surface area contributed by atoms with E-state index in [9.17, 15) is 0 Å². The largest absolute Gasteiger partial charge is 0.490 e. The van der Waals surface area contributed by atoms with Crippen molar-refractivity contribution in [2.45, 2.75) is 27.0 Å². The number of ether oxygens (including phenoxy) is 2. The lowest BCUT2D eigenvalue weighted by atomic mass is 10.1. The van der Waals surface area contributed by atoms with Crippen LogP contribution in [0.2, 0.25) is 5.02 Å². The van der Waals surface area contributed by atoms with E-state index in [4.69, 9.17) is 21.1 Å². The van der Waals surface area contributed by atoms with Crippen molar-refractivity contribution >= 4 is 11.6 Å². The van der Waals surface area contributed by atoms with Crippen LogP contribution in [0.4, 0.5) is 0 Å². The standard InChI is InChI=1S/C18H22ClNO2/c1-3-20-12-14-9-7-11-17(21-4-2)18(14)22-13-15-8-5-6-10-16(15)19/h5-11,20H,3-4,12-13H2,1-2H3. The van der Waals surface area contributed by atoms with E-state index in [1.165, 1.54) is 0 Å². The van der Waals surface area contributed by atoms with Gasteiger partial charge in [0, 0.05) is 22.7 Å². The van der Waals surface area contributed by atoms with E-state index in [0.717, 1.165) is 35.7 Å². The molecule has 0 saturated heterocycles. The van der Waals surface area contributed by atoms with Gasteiger partial charge in [-0.15, -0.1) is 0 Å². The fourth-order valence-corrected chi connectivity index (χ4v) is 2.35. The minimum atomic E-state index is 0.420. The maximum atomic E-state index is 6.19. The second kappa shape index (κ2) is 8.66. The summed E-state index contributed by atoms with van der Waals surface area (Å²) < 4.78 is 11.7. The number of benzene rings is 2. The molecule has 0 spiro atoms. The molecule has 0 aliphatic heterocycles. The third-order valence-corrected chi connectivity index (χ3v) is 3.62. The summed E-state index contributed by atoms with van der Waals surface area (Å²) >= 11 is 6.19. The van der Waals surface area contributed by atoms with Crippen molar-refractivity contribution in [1.29, 1.82) is 0 Å². The Labute approximate surface area is 137 Å². The summed E-state index contributed by atoms with van der Waals surface area (Å²) in [5.74, 6) is 1.55. The minimum absolute atomic E-state index is 0.420. The predicted octanol–water partition coefficient (Wildman–Crippen LogP) is 4.43. The SMILES string of the molecule is CCNCc1cccc(OCC)c1OCc1ccccc1Cl. The Hall–Kier alpha value is -1.71. The number of para-hydroxylation sites is 1. The van der Waals surface area contributed by atoms with E-state index in [1.807, 2.05) is 49.4 Å². The van der Waals surface area contributed by atoms with Gasteiger partial charge >= 0.3 is 0 Å². The fraction of sp³-hybridized carbons (Fsp3) is 0.333. The van der Waals surface area contributed by atoms with Crippen LogP contribution in [-0.4, -0.2) is 13.2 Å². The molecule has 0 heterocycles. The Kier molecular flexibility index (Phi) is 6.56. The zero-order chi connectivity index (χ0) is 15.8. The normalized spacial score (nSPS) is 10.5. The Balaban J connectivity index is 2.21. The van der Waals surface area contributed by atoms with E-state index in [2.05, 4.69) is 12.2 Å². The van der Waals surface area contributed by atoms with Crippen LogP contribution < -0.4 is 14.8 Å². The Bertz CT molecular complexity index is 601. The van der Waals surface area contributed by atoms with Crippen molar-refractivity contribution in [2.75, 3.05) is 13.2 Å². The molecule has 1 N–H and O–H groups in total. The zero-order valence-electron chi connectivity index (χ0n) is 13.1. The molecule has 2 aromatic carbocycles. The molecular weight excluding hydrogens is 298 g/mol. The molecule has 2 rings (SSSR count). The molecule has 22 heavy (non-hydrogen) atoms. The molecule has 2 aromatic rings. The van der Waals surface area contributed by atoms with Crippen molar-refractivity contribution in [3.63, 3.8) is 0 Å². The second-order valence-electron chi connectivity index (χ2n) is 4.84. The Morgan fingerprint density at radius 3 is 2.45 bits per heavy atom. The molecule has 4 heteroatoms. The molecule has 0 bridgehead atoms. The average molecular weight is 320 g/mol. The van der Waals surface area contributed by atoms with Gasteiger partial charge in [-0.25, -0.2) is 0 Å². The Morgan fingerprint density at radius 1 is 0.955 bits per heavy atom. The highest BCUT2D eigenvalue weighted by Gasteiger charge is 2.11. The second-order valence-corrected chi connectivity index (χ2v) is 5.25. The predicted molar refractivity (Wildman–Crippen MR) is 90.8 cm³/mol. The molecule has 0 aliphatic carbocycles.